The van der Waals surface area contributed by atoms with E-state index in [1.165, 1.54) is 19.2 Å². The van der Waals surface area contributed by atoms with Crippen LogP contribution >= 0.6 is 0 Å². The van der Waals surface area contributed by atoms with Crippen molar-refractivity contribution in [2.75, 3.05) is 7.11 Å². The molecule has 1 atom stereocenters. The Hall–Kier alpha value is -1.23. The summed E-state index contributed by atoms with van der Waals surface area (Å²) in [5.41, 5.74) is 5.60. The normalized spacial score (nSPS) is 12.9. The number of ether oxygens (including phenoxy) is 1. The van der Waals surface area contributed by atoms with Gasteiger partial charge < -0.3 is 10.5 Å². The maximum absolute atomic E-state index is 13.1. The second kappa shape index (κ2) is 5.02. The van der Waals surface area contributed by atoms with Crippen LogP contribution in [0.2, 0.25) is 0 Å². The Labute approximate surface area is 85.8 Å². The number of alkyl halides is 2. The molecular weight excluding hydrogens is 207 g/mol. The van der Waals surface area contributed by atoms with Crippen LogP contribution in [0.1, 0.15) is 5.56 Å². The van der Waals surface area contributed by atoms with Gasteiger partial charge in [-0.2, -0.15) is 0 Å². The largest absolute Gasteiger partial charge is 0.494 e. The molecule has 1 unspecified atom stereocenters. The highest BCUT2D eigenvalue weighted by atomic mass is 19.3. The summed E-state index contributed by atoms with van der Waals surface area (Å²) in [6.07, 6.45) is -2.66. The van der Waals surface area contributed by atoms with Gasteiger partial charge in [0.2, 0.25) is 0 Å². The molecule has 0 spiro atoms. The van der Waals surface area contributed by atoms with Crippen molar-refractivity contribution < 1.29 is 17.9 Å². The number of hydrogen-bond donors (Lipinski definition) is 1. The van der Waals surface area contributed by atoms with Crippen molar-refractivity contribution in [1.29, 1.82) is 0 Å². The molecular formula is C10H12F3NO. The van der Waals surface area contributed by atoms with Gasteiger partial charge in [-0.1, -0.05) is 6.07 Å². The number of benzene rings is 1. The fourth-order valence-corrected chi connectivity index (χ4v) is 1.20. The molecule has 84 valence electrons. The van der Waals surface area contributed by atoms with Gasteiger partial charge in [0.05, 0.1) is 13.2 Å². The zero-order valence-electron chi connectivity index (χ0n) is 8.21. The third-order valence-corrected chi connectivity index (χ3v) is 2.01. The predicted octanol–water partition coefficient (Wildman–Crippen LogP) is 1.97. The second-order valence-electron chi connectivity index (χ2n) is 3.17. The maximum atomic E-state index is 13.1. The van der Waals surface area contributed by atoms with E-state index in [-0.39, 0.29) is 12.2 Å². The van der Waals surface area contributed by atoms with E-state index in [4.69, 9.17) is 10.5 Å². The number of nitrogens with two attached hydrogens (primary N) is 1. The quantitative estimate of drug-likeness (QED) is 0.840. The minimum Gasteiger partial charge on any atom is -0.494 e. The molecule has 0 aromatic heterocycles. The van der Waals surface area contributed by atoms with Crippen molar-refractivity contribution in [3.63, 3.8) is 0 Å². The van der Waals surface area contributed by atoms with Gasteiger partial charge in [0, 0.05) is 0 Å². The van der Waals surface area contributed by atoms with E-state index in [1.54, 1.807) is 0 Å². The number of hydrogen-bond acceptors (Lipinski definition) is 2. The molecule has 0 bridgehead atoms. The minimum absolute atomic E-state index is 0.0570. The van der Waals surface area contributed by atoms with Crippen LogP contribution in [0.3, 0.4) is 0 Å². The monoisotopic (exact) mass is 219 g/mol. The van der Waals surface area contributed by atoms with Crippen LogP contribution in [0.25, 0.3) is 0 Å². The van der Waals surface area contributed by atoms with Crippen LogP contribution in [-0.2, 0) is 6.42 Å². The van der Waals surface area contributed by atoms with Crippen molar-refractivity contribution in [2.45, 2.75) is 18.9 Å². The van der Waals surface area contributed by atoms with Gasteiger partial charge in [0.1, 0.15) is 0 Å². The topological polar surface area (TPSA) is 35.2 Å². The van der Waals surface area contributed by atoms with E-state index in [1.807, 2.05) is 0 Å². The lowest BCUT2D eigenvalue weighted by atomic mass is 10.1. The van der Waals surface area contributed by atoms with Gasteiger partial charge in [0.25, 0.3) is 6.43 Å². The van der Waals surface area contributed by atoms with Crippen molar-refractivity contribution >= 4 is 0 Å². The highest BCUT2D eigenvalue weighted by Crippen LogP contribution is 2.19. The van der Waals surface area contributed by atoms with Crippen LogP contribution < -0.4 is 10.5 Å². The SMILES string of the molecule is COc1ccc(CC(N)C(F)F)cc1F. The Bertz CT molecular complexity index is 330. The Morgan fingerprint density at radius 1 is 1.40 bits per heavy atom. The molecule has 0 aliphatic carbocycles. The second-order valence-corrected chi connectivity index (χ2v) is 3.17. The van der Waals surface area contributed by atoms with Gasteiger partial charge in [-0.05, 0) is 24.1 Å². The van der Waals surface area contributed by atoms with Crippen LogP contribution in [0.5, 0.6) is 5.75 Å². The number of rotatable bonds is 4. The minimum atomic E-state index is -2.60. The van der Waals surface area contributed by atoms with E-state index in [0.29, 0.717) is 5.56 Å². The van der Waals surface area contributed by atoms with Crippen molar-refractivity contribution in [3.05, 3.63) is 29.6 Å². The summed E-state index contributed by atoms with van der Waals surface area (Å²) >= 11 is 0. The molecule has 5 heteroatoms. The lowest BCUT2D eigenvalue weighted by Crippen LogP contribution is -2.30. The average molecular weight is 219 g/mol. The first-order chi connectivity index (χ1) is 7.04. The zero-order chi connectivity index (χ0) is 11.4. The molecule has 1 rings (SSSR count). The van der Waals surface area contributed by atoms with E-state index in [9.17, 15) is 13.2 Å². The number of halogens is 3. The number of methoxy groups -OCH3 is 1. The Balaban J connectivity index is 2.75. The molecule has 0 saturated carbocycles. The molecule has 0 radical (unpaired) electrons. The maximum Gasteiger partial charge on any atom is 0.253 e. The summed E-state index contributed by atoms with van der Waals surface area (Å²) in [6.45, 7) is 0. The molecule has 1 aromatic rings. The molecule has 0 aliphatic rings. The van der Waals surface area contributed by atoms with Gasteiger partial charge >= 0.3 is 0 Å². The van der Waals surface area contributed by atoms with Gasteiger partial charge in [-0.3, -0.25) is 0 Å². The van der Waals surface area contributed by atoms with E-state index in [0.717, 1.165) is 6.07 Å². The molecule has 2 nitrogen and oxygen atoms in total. The summed E-state index contributed by atoms with van der Waals surface area (Å²) < 4.78 is 42.1. The highest BCUT2D eigenvalue weighted by molar-refractivity contribution is 5.29. The molecule has 0 fully saturated rings. The van der Waals surface area contributed by atoms with Gasteiger partial charge in [0.15, 0.2) is 11.6 Å². The first-order valence-electron chi connectivity index (χ1n) is 4.40. The lowest BCUT2D eigenvalue weighted by molar-refractivity contribution is 0.116. The Morgan fingerprint density at radius 2 is 2.07 bits per heavy atom. The van der Waals surface area contributed by atoms with Crippen molar-refractivity contribution in [2.24, 2.45) is 5.73 Å². The van der Waals surface area contributed by atoms with Crippen LogP contribution in [-0.4, -0.2) is 19.6 Å². The summed E-state index contributed by atoms with van der Waals surface area (Å²) in [7, 11) is 1.34. The zero-order valence-corrected chi connectivity index (χ0v) is 8.21. The molecule has 0 amide bonds. The van der Waals surface area contributed by atoms with Crippen molar-refractivity contribution in [3.8, 4) is 5.75 Å². The molecule has 0 saturated heterocycles. The Morgan fingerprint density at radius 3 is 2.53 bits per heavy atom. The standard InChI is InChI=1S/C10H12F3NO/c1-15-9-3-2-6(4-7(9)11)5-8(14)10(12)13/h2-4,8,10H,5,14H2,1H3. The Kier molecular flexibility index (Phi) is 3.96. The fourth-order valence-electron chi connectivity index (χ4n) is 1.20. The van der Waals surface area contributed by atoms with E-state index >= 15 is 0 Å². The summed E-state index contributed by atoms with van der Waals surface area (Å²) in [4.78, 5) is 0. The van der Waals surface area contributed by atoms with Crippen LogP contribution in [0.15, 0.2) is 18.2 Å². The third kappa shape index (κ3) is 3.13. The lowest BCUT2D eigenvalue weighted by Gasteiger charge is -2.10. The molecule has 2 N–H and O–H groups in total. The summed E-state index contributed by atoms with van der Waals surface area (Å²) in [5, 5.41) is 0. The first kappa shape index (κ1) is 11.8. The first-order valence-corrected chi connectivity index (χ1v) is 4.40. The molecule has 0 heterocycles. The van der Waals surface area contributed by atoms with Gasteiger partial charge in [-0.25, -0.2) is 13.2 Å². The summed E-state index contributed by atoms with van der Waals surface area (Å²) in [5.74, 6) is -0.485. The smallest absolute Gasteiger partial charge is 0.253 e. The van der Waals surface area contributed by atoms with Crippen LogP contribution in [0, 0.1) is 5.82 Å². The average Bonchev–Trinajstić information content (AvgIpc) is 2.18. The van der Waals surface area contributed by atoms with Crippen LogP contribution in [0.4, 0.5) is 13.2 Å². The summed E-state index contributed by atoms with van der Waals surface area (Å²) in [6, 6.07) is 2.80. The fraction of sp³-hybridized carbons (Fsp3) is 0.400. The molecule has 0 aliphatic heterocycles. The molecule has 15 heavy (non-hydrogen) atoms. The third-order valence-electron chi connectivity index (χ3n) is 2.01. The van der Waals surface area contributed by atoms with Crippen molar-refractivity contribution in [1.82, 2.24) is 0 Å². The van der Waals surface area contributed by atoms with E-state index in [2.05, 4.69) is 0 Å². The molecule has 1 aromatic carbocycles. The highest BCUT2D eigenvalue weighted by Gasteiger charge is 2.16. The predicted molar refractivity (Wildman–Crippen MR) is 50.6 cm³/mol. The van der Waals surface area contributed by atoms with Gasteiger partial charge in [-0.15, -0.1) is 0 Å². The van der Waals surface area contributed by atoms with E-state index < -0.39 is 18.3 Å².